The van der Waals surface area contributed by atoms with Gasteiger partial charge in [0.1, 0.15) is 5.75 Å². The fourth-order valence-corrected chi connectivity index (χ4v) is 1.75. The predicted octanol–water partition coefficient (Wildman–Crippen LogP) is 1.98. The van der Waals surface area contributed by atoms with Crippen molar-refractivity contribution in [1.82, 2.24) is 5.32 Å². The monoisotopic (exact) mass is 305 g/mol. The van der Waals surface area contributed by atoms with Gasteiger partial charge in [-0.2, -0.15) is 0 Å². The first-order chi connectivity index (χ1) is 10.6. The highest BCUT2D eigenvalue weighted by Crippen LogP contribution is 2.24. The van der Waals surface area contributed by atoms with Gasteiger partial charge in [-0.05, 0) is 31.5 Å². The van der Waals surface area contributed by atoms with E-state index in [1.807, 2.05) is 31.3 Å². The second kappa shape index (κ2) is 9.36. The Kier molecular flexibility index (Phi) is 7.42. The highest BCUT2D eigenvalue weighted by molar-refractivity contribution is 6.27. The molecule has 2 rings (SSSR count). The summed E-state index contributed by atoms with van der Waals surface area (Å²) in [5.41, 5.74) is 0. The molecule has 0 atom stereocenters. The smallest absolute Gasteiger partial charge is 0.414 e. The van der Waals surface area contributed by atoms with E-state index in [0.717, 1.165) is 25.3 Å². The predicted molar refractivity (Wildman–Crippen MR) is 83.3 cm³/mol. The zero-order chi connectivity index (χ0) is 16.4. The van der Waals surface area contributed by atoms with Crippen LogP contribution >= 0.6 is 0 Å². The first-order valence-electron chi connectivity index (χ1n) is 6.77. The summed E-state index contributed by atoms with van der Waals surface area (Å²) in [5.74, 6) is -2.67. The summed E-state index contributed by atoms with van der Waals surface area (Å²) in [4.78, 5) is 18.2. The lowest BCUT2D eigenvalue weighted by Gasteiger charge is -2.08. The van der Waals surface area contributed by atoms with Crippen molar-refractivity contribution in [2.45, 2.75) is 6.42 Å². The molecular weight excluding hydrogens is 286 g/mol. The van der Waals surface area contributed by atoms with Gasteiger partial charge in [-0.25, -0.2) is 9.59 Å². The number of carboxylic acids is 2. The normalized spacial score (nSPS) is 9.68. The first kappa shape index (κ1) is 17.5. The largest absolute Gasteiger partial charge is 0.493 e. The molecule has 0 bridgehead atoms. The Hall–Kier alpha value is -2.60. The van der Waals surface area contributed by atoms with E-state index >= 15 is 0 Å². The summed E-state index contributed by atoms with van der Waals surface area (Å²) in [6.45, 7) is 1.75. The van der Waals surface area contributed by atoms with E-state index in [-0.39, 0.29) is 0 Å². The summed E-state index contributed by atoms with van der Waals surface area (Å²) < 4.78 is 5.78. The number of carboxylic acid groups (broad SMARTS) is 2. The van der Waals surface area contributed by atoms with Crippen LogP contribution < -0.4 is 10.1 Å². The molecule has 6 nitrogen and oxygen atoms in total. The van der Waals surface area contributed by atoms with Crippen LogP contribution in [0.1, 0.15) is 6.42 Å². The summed E-state index contributed by atoms with van der Waals surface area (Å²) in [6, 6.07) is 14.5. The van der Waals surface area contributed by atoms with Crippen molar-refractivity contribution in [3.63, 3.8) is 0 Å². The number of hydrogen-bond donors (Lipinski definition) is 3. The van der Waals surface area contributed by atoms with Crippen molar-refractivity contribution in [1.29, 1.82) is 0 Å². The van der Waals surface area contributed by atoms with Crippen LogP contribution in [-0.2, 0) is 9.59 Å². The Labute approximate surface area is 128 Å². The maximum absolute atomic E-state index is 9.10. The molecule has 0 unspecified atom stereocenters. The van der Waals surface area contributed by atoms with E-state index in [2.05, 4.69) is 23.5 Å². The van der Waals surface area contributed by atoms with Crippen LogP contribution in [0.4, 0.5) is 0 Å². The lowest BCUT2D eigenvalue weighted by Crippen LogP contribution is -2.11. The van der Waals surface area contributed by atoms with Gasteiger partial charge in [-0.3, -0.25) is 0 Å². The van der Waals surface area contributed by atoms with Gasteiger partial charge in [0.25, 0.3) is 0 Å². The first-order valence-corrected chi connectivity index (χ1v) is 6.77. The molecule has 22 heavy (non-hydrogen) atoms. The quantitative estimate of drug-likeness (QED) is 0.577. The lowest BCUT2D eigenvalue weighted by molar-refractivity contribution is -0.159. The van der Waals surface area contributed by atoms with Crippen LogP contribution in [-0.4, -0.2) is 42.4 Å². The van der Waals surface area contributed by atoms with Gasteiger partial charge in [-0.15, -0.1) is 0 Å². The van der Waals surface area contributed by atoms with Crippen molar-refractivity contribution in [2.24, 2.45) is 0 Å². The zero-order valence-electron chi connectivity index (χ0n) is 12.3. The van der Waals surface area contributed by atoms with E-state index in [1.165, 1.54) is 10.8 Å². The average Bonchev–Trinajstić information content (AvgIpc) is 2.52. The van der Waals surface area contributed by atoms with Gasteiger partial charge in [0.2, 0.25) is 0 Å². The summed E-state index contributed by atoms with van der Waals surface area (Å²) in [7, 11) is 1.96. The van der Waals surface area contributed by atoms with E-state index in [9.17, 15) is 0 Å². The van der Waals surface area contributed by atoms with Crippen LogP contribution in [0.15, 0.2) is 42.5 Å². The molecule has 0 radical (unpaired) electrons. The Morgan fingerprint density at radius 3 is 2.32 bits per heavy atom. The summed E-state index contributed by atoms with van der Waals surface area (Å²) in [5, 5.41) is 20.3. The summed E-state index contributed by atoms with van der Waals surface area (Å²) >= 11 is 0. The third kappa shape index (κ3) is 5.80. The molecule has 0 saturated heterocycles. The number of nitrogens with one attached hydrogen (secondary N) is 1. The molecule has 118 valence electrons. The third-order valence-electron chi connectivity index (χ3n) is 2.76. The molecule has 0 amide bonds. The molecule has 0 aliphatic heterocycles. The lowest BCUT2D eigenvalue weighted by atomic mass is 10.1. The van der Waals surface area contributed by atoms with Gasteiger partial charge >= 0.3 is 11.9 Å². The second-order valence-corrected chi connectivity index (χ2v) is 4.39. The number of benzene rings is 2. The Bertz CT molecular complexity index is 609. The number of aliphatic carboxylic acids is 2. The van der Waals surface area contributed by atoms with Crippen LogP contribution in [0.5, 0.6) is 5.75 Å². The van der Waals surface area contributed by atoms with E-state index < -0.39 is 11.9 Å². The maximum atomic E-state index is 9.10. The molecule has 0 aliphatic carbocycles. The Morgan fingerprint density at radius 1 is 1.05 bits per heavy atom. The molecule has 0 aliphatic rings. The Morgan fingerprint density at radius 2 is 1.68 bits per heavy atom. The minimum atomic E-state index is -1.82. The zero-order valence-corrected chi connectivity index (χ0v) is 12.3. The molecular formula is C16H19NO5. The van der Waals surface area contributed by atoms with Gasteiger partial charge in [0.15, 0.2) is 0 Å². The van der Waals surface area contributed by atoms with E-state index in [4.69, 9.17) is 24.5 Å². The van der Waals surface area contributed by atoms with Crippen LogP contribution in [0.3, 0.4) is 0 Å². The van der Waals surface area contributed by atoms with E-state index in [0.29, 0.717) is 0 Å². The van der Waals surface area contributed by atoms with Crippen molar-refractivity contribution < 1.29 is 24.5 Å². The average molecular weight is 305 g/mol. The number of fused-ring (bicyclic) bond motifs is 1. The molecule has 0 heterocycles. The standard InChI is InChI=1S/C14H17NO.C2H2O4/c1-15-10-5-11-16-14-9-4-7-12-6-2-3-8-13(12)14;3-1(4)2(5)6/h2-4,6-9,15H,5,10-11H2,1H3;(H,3,4)(H,5,6). The number of rotatable bonds is 5. The van der Waals surface area contributed by atoms with Crippen LogP contribution in [0.2, 0.25) is 0 Å². The van der Waals surface area contributed by atoms with Gasteiger partial charge in [0, 0.05) is 5.39 Å². The van der Waals surface area contributed by atoms with Crippen molar-refractivity contribution in [3.05, 3.63) is 42.5 Å². The highest BCUT2D eigenvalue weighted by Gasteiger charge is 2.04. The minimum Gasteiger partial charge on any atom is -0.493 e. The van der Waals surface area contributed by atoms with Gasteiger partial charge in [0.05, 0.1) is 6.61 Å². The molecule has 0 spiro atoms. The molecule has 0 fully saturated rings. The fraction of sp³-hybridized carbons (Fsp3) is 0.250. The minimum absolute atomic E-state index is 0.759. The molecule has 2 aromatic carbocycles. The number of carbonyl (C=O) groups is 2. The topological polar surface area (TPSA) is 95.9 Å². The Balaban J connectivity index is 0.000000346. The van der Waals surface area contributed by atoms with Gasteiger partial charge in [-0.1, -0.05) is 36.4 Å². The molecule has 2 aromatic rings. The molecule has 6 heteroatoms. The molecule has 3 N–H and O–H groups in total. The number of ether oxygens (including phenoxy) is 1. The van der Waals surface area contributed by atoms with Gasteiger partial charge < -0.3 is 20.3 Å². The van der Waals surface area contributed by atoms with Crippen molar-refractivity contribution in [3.8, 4) is 5.75 Å². The summed E-state index contributed by atoms with van der Waals surface area (Å²) in [6.07, 6.45) is 1.03. The second-order valence-electron chi connectivity index (χ2n) is 4.39. The molecule has 0 saturated carbocycles. The van der Waals surface area contributed by atoms with Crippen molar-refractivity contribution >= 4 is 22.7 Å². The molecule has 0 aromatic heterocycles. The van der Waals surface area contributed by atoms with Crippen molar-refractivity contribution in [2.75, 3.05) is 20.2 Å². The maximum Gasteiger partial charge on any atom is 0.414 e. The van der Waals surface area contributed by atoms with Crippen LogP contribution in [0, 0.1) is 0 Å². The fourth-order valence-electron chi connectivity index (χ4n) is 1.75. The SMILES string of the molecule is CNCCCOc1cccc2ccccc12.O=C(O)C(=O)O. The van der Waals surface area contributed by atoms with Crippen LogP contribution in [0.25, 0.3) is 10.8 Å². The highest BCUT2D eigenvalue weighted by atomic mass is 16.5. The third-order valence-corrected chi connectivity index (χ3v) is 2.76. The number of hydrogen-bond acceptors (Lipinski definition) is 4. The van der Waals surface area contributed by atoms with E-state index in [1.54, 1.807) is 0 Å².